The van der Waals surface area contributed by atoms with Crippen LogP contribution in [0, 0.1) is 0 Å². The van der Waals surface area contributed by atoms with Crippen LogP contribution in [0.5, 0.6) is 0 Å². The molecule has 0 unspecified atom stereocenters. The summed E-state index contributed by atoms with van der Waals surface area (Å²) in [7, 11) is 0. The molecule has 110 valence electrons. The first-order chi connectivity index (χ1) is 10.7. The first-order valence-corrected chi connectivity index (χ1v) is 7.27. The highest BCUT2D eigenvalue weighted by molar-refractivity contribution is 7.13. The molecule has 0 aliphatic carbocycles. The third-order valence-corrected chi connectivity index (χ3v) is 3.68. The summed E-state index contributed by atoms with van der Waals surface area (Å²) in [6.45, 7) is 0. The van der Waals surface area contributed by atoms with Crippen molar-refractivity contribution in [1.29, 1.82) is 0 Å². The molecule has 22 heavy (non-hydrogen) atoms. The largest absolute Gasteiger partial charge is 0.459 e. The number of rotatable bonds is 3. The van der Waals surface area contributed by atoms with Gasteiger partial charge in [-0.3, -0.25) is 20.4 Å². The van der Waals surface area contributed by atoms with Crippen LogP contribution in [0.25, 0.3) is 10.6 Å². The van der Waals surface area contributed by atoms with E-state index in [1.54, 1.807) is 11.4 Å². The maximum Gasteiger partial charge on any atom is 0.305 e. The van der Waals surface area contributed by atoms with Crippen LogP contribution in [0.2, 0.25) is 0 Å². The lowest BCUT2D eigenvalue weighted by Gasteiger charge is -2.03. The fourth-order valence-corrected chi connectivity index (χ4v) is 2.54. The molecule has 2 aromatic heterocycles. The van der Waals surface area contributed by atoms with Crippen molar-refractivity contribution in [2.75, 3.05) is 0 Å². The Morgan fingerprint density at radius 2 is 1.77 bits per heavy atom. The number of benzene rings is 1. The standard InChI is InChI=1S/C15H11N3O3S/c19-13(17-18-14(20)12-7-4-8-21-12)11-9-22-15(16-11)10-5-2-1-3-6-10/h1-9H,(H,17,19)(H,18,20). The molecule has 0 spiro atoms. The molecule has 3 aromatic rings. The summed E-state index contributed by atoms with van der Waals surface area (Å²) in [5.74, 6) is -0.904. The minimum atomic E-state index is -0.531. The summed E-state index contributed by atoms with van der Waals surface area (Å²) >= 11 is 1.36. The van der Waals surface area contributed by atoms with Crippen LogP contribution >= 0.6 is 11.3 Å². The van der Waals surface area contributed by atoms with Crippen LogP contribution in [-0.2, 0) is 0 Å². The van der Waals surface area contributed by atoms with Gasteiger partial charge >= 0.3 is 5.91 Å². The fourth-order valence-electron chi connectivity index (χ4n) is 1.74. The number of aromatic nitrogens is 1. The molecule has 0 fully saturated rings. The van der Waals surface area contributed by atoms with E-state index in [1.165, 1.54) is 23.7 Å². The molecule has 6 nitrogen and oxygen atoms in total. The van der Waals surface area contributed by atoms with E-state index in [-0.39, 0.29) is 11.5 Å². The van der Waals surface area contributed by atoms with E-state index in [4.69, 9.17) is 4.42 Å². The first kappa shape index (κ1) is 14.0. The van der Waals surface area contributed by atoms with Gasteiger partial charge in [0, 0.05) is 10.9 Å². The van der Waals surface area contributed by atoms with Crippen LogP contribution in [0.15, 0.2) is 58.5 Å². The highest BCUT2D eigenvalue weighted by Gasteiger charge is 2.14. The average Bonchev–Trinajstić information content (AvgIpc) is 3.24. The van der Waals surface area contributed by atoms with Crippen LogP contribution in [0.4, 0.5) is 0 Å². The summed E-state index contributed by atoms with van der Waals surface area (Å²) in [6.07, 6.45) is 1.38. The molecule has 0 saturated heterocycles. The molecular formula is C15H11N3O3S. The van der Waals surface area contributed by atoms with E-state index in [2.05, 4.69) is 15.8 Å². The second-order valence-corrected chi connectivity index (χ2v) is 5.15. The van der Waals surface area contributed by atoms with Crippen molar-refractivity contribution in [3.05, 3.63) is 65.6 Å². The third kappa shape index (κ3) is 3.04. The van der Waals surface area contributed by atoms with Gasteiger partial charge in [0.25, 0.3) is 5.91 Å². The molecule has 1 aromatic carbocycles. The van der Waals surface area contributed by atoms with E-state index in [0.717, 1.165) is 10.6 Å². The van der Waals surface area contributed by atoms with Gasteiger partial charge in [0.05, 0.1) is 6.26 Å². The Hall–Kier alpha value is -2.93. The maximum absolute atomic E-state index is 12.0. The van der Waals surface area contributed by atoms with Gasteiger partial charge in [-0.05, 0) is 12.1 Å². The SMILES string of the molecule is O=C(NNC(=O)c1ccco1)c1csc(-c2ccccc2)n1. The fraction of sp³-hybridized carbons (Fsp3) is 0. The summed E-state index contributed by atoms with van der Waals surface area (Å²) in [5, 5.41) is 2.37. The lowest BCUT2D eigenvalue weighted by atomic mass is 10.2. The molecule has 0 saturated carbocycles. The number of furan rings is 1. The van der Waals surface area contributed by atoms with E-state index in [9.17, 15) is 9.59 Å². The number of hydrogen-bond donors (Lipinski definition) is 2. The van der Waals surface area contributed by atoms with Crippen LogP contribution < -0.4 is 10.9 Å². The predicted octanol–water partition coefficient (Wildman–Crippen LogP) is 2.48. The quantitative estimate of drug-likeness (QED) is 0.728. The van der Waals surface area contributed by atoms with Gasteiger partial charge in [-0.1, -0.05) is 30.3 Å². The molecule has 3 rings (SSSR count). The third-order valence-electron chi connectivity index (χ3n) is 2.79. The Kier molecular flexibility index (Phi) is 3.97. The Labute approximate surface area is 129 Å². The van der Waals surface area contributed by atoms with Crippen LogP contribution in [-0.4, -0.2) is 16.8 Å². The van der Waals surface area contributed by atoms with Crippen molar-refractivity contribution in [2.45, 2.75) is 0 Å². The Bertz CT molecular complexity index is 781. The summed E-state index contributed by atoms with van der Waals surface area (Å²) < 4.78 is 4.92. The number of hydrogen-bond acceptors (Lipinski definition) is 5. The molecule has 2 heterocycles. The second kappa shape index (κ2) is 6.23. The molecule has 0 aliphatic rings. The van der Waals surface area contributed by atoms with Gasteiger partial charge in [0.2, 0.25) is 0 Å². The van der Waals surface area contributed by atoms with Gasteiger partial charge in [0.15, 0.2) is 5.76 Å². The lowest BCUT2D eigenvalue weighted by molar-refractivity contribution is 0.0829. The molecule has 0 atom stereocenters. The first-order valence-electron chi connectivity index (χ1n) is 6.39. The van der Waals surface area contributed by atoms with E-state index >= 15 is 0 Å². The van der Waals surface area contributed by atoms with Crippen molar-refractivity contribution >= 4 is 23.2 Å². The minimum absolute atomic E-state index is 0.114. The zero-order valence-electron chi connectivity index (χ0n) is 11.3. The molecule has 0 radical (unpaired) electrons. The molecule has 7 heteroatoms. The maximum atomic E-state index is 12.0. The van der Waals surface area contributed by atoms with Gasteiger partial charge in [-0.15, -0.1) is 11.3 Å². The molecule has 0 bridgehead atoms. The molecular weight excluding hydrogens is 302 g/mol. The van der Waals surface area contributed by atoms with Gasteiger partial charge in [-0.2, -0.15) is 0 Å². The number of carbonyl (C=O) groups excluding carboxylic acids is 2. The van der Waals surface area contributed by atoms with E-state index in [1.807, 2.05) is 30.3 Å². The number of carbonyl (C=O) groups is 2. The van der Waals surface area contributed by atoms with Gasteiger partial charge < -0.3 is 4.42 Å². The number of thiazole rings is 1. The highest BCUT2D eigenvalue weighted by Crippen LogP contribution is 2.23. The summed E-state index contributed by atoms with van der Waals surface area (Å²) in [4.78, 5) is 27.8. The van der Waals surface area contributed by atoms with Crippen molar-refractivity contribution in [3.63, 3.8) is 0 Å². The van der Waals surface area contributed by atoms with E-state index < -0.39 is 11.8 Å². The van der Waals surface area contributed by atoms with E-state index in [0.29, 0.717) is 0 Å². The zero-order chi connectivity index (χ0) is 15.4. The number of amides is 2. The number of nitrogens with one attached hydrogen (secondary N) is 2. The second-order valence-electron chi connectivity index (χ2n) is 4.29. The van der Waals surface area contributed by atoms with Crippen LogP contribution in [0.3, 0.4) is 0 Å². The Balaban J connectivity index is 1.64. The highest BCUT2D eigenvalue weighted by atomic mass is 32.1. The van der Waals surface area contributed by atoms with Crippen molar-refractivity contribution < 1.29 is 14.0 Å². The molecule has 2 N–H and O–H groups in total. The molecule has 0 aliphatic heterocycles. The predicted molar refractivity (Wildman–Crippen MR) is 81.2 cm³/mol. The Morgan fingerprint density at radius 1 is 1.00 bits per heavy atom. The van der Waals surface area contributed by atoms with Gasteiger partial charge in [0.1, 0.15) is 10.7 Å². The van der Waals surface area contributed by atoms with Crippen LogP contribution in [0.1, 0.15) is 21.0 Å². The summed E-state index contributed by atoms with van der Waals surface area (Å²) in [6, 6.07) is 12.6. The van der Waals surface area contributed by atoms with Crippen molar-refractivity contribution in [1.82, 2.24) is 15.8 Å². The van der Waals surface area contributed by atoms with Gasteiger partial charge in [-0.25, -0.2) is 4.98 Å². The smallest absolute Gasteiger partial charge is 0.305 e. The number of hydrazine groups is 1. The zero-order valence-corrected chi connectivity index (χ0v) is 12.1. The number of nitrogens with zero attached hydrogens (tertiary/aromatic N) is 1. The lowest BCUT2D eigenvalue weighted by Crippen LogP contribution is -2.41. The van der Waals surface area contributed by atoms with Crippen molar-refractivity contribution in [2.24, 2.45) is 0 Å². The normalized spacial score (nSPS) is 10.2. The average molecular weight is 313 g/mol. The Morgan fingerprint density at radius 3 is 2.50 bits per heavy atom. The summed E-state index contributed by atoms with van der Waals surface area (Å²) in [5.41, 5.74) is 5.74. The topological polar surface area (TPSA) is 84.2 Å². The minimum Gasteiger partial charge on any atom is -0.459 e. The van der Waals surface area contributed by atoms with Crippen molar-refractivity contribution in [3.8, 4) is 10.6 Å². The molecule has 2 amide bonds. The monoisotopic (exact) mass is 313 g/mol.